The average molecular weight is 255 g/mol. The summed E-state index contributed by atoms with van der Waals surface area (Å²) in [4.78, 5) is 21.4. The molecule has 0 saturated carbocycles. The Morgan fingerprint density at radius 2 is 2.39 bits per heavy atom. The molecule has 0 aromatic rings. The Labute approximate surface area is 103 Å². The molecule has 1 fully saturated rings. The lowest BCUT2D eigenvalue weighted by Gasteiger charge is -2.16. The van der Waals surface area contributed by atoms with E-state index in [1.54, 1.807) is 6.92 Å². The molecule has 0 aliphatic carbocycles. The zero-order chi connectivity index (χ0) is 13.3. The number of carbonyl (C=O) groups excluding carboxylic acids is 1. The van der Waals surface area contributed by atoms with Crippen LogP contribution in [0.15, 0.2) is 17.1 Å². The van der Waals surface area contributed by atoms with Gasteiger partial charge in [-0.2, -0.15) is 5.01 Å². The fourth-order valence-corrected chi connectivity index (χ4v) is 1.92. The first kappa shape index (κ1) is 12.3. The molecule has 0 aromatic heterocycles. The molecule has 0 N–H and O–H groups in total. The molecule has 0 spiro atoms. The molecule has 2 aliphatic heterocycles. The van der Waals surface area contributed by atoms with Gasteiger partial charge in [-0.05, 0) is 13.3 Å². The van der Waals surface area contributed by atoms with Crippen molar-refractivity contribution < 1.29 is 19.2 Å². The molecule has 2 rings (SSSR count). The van der Waals surface area contributed by atoms with E-state index in [4.69, 9.17) is 9.47 Å². The van der Waals surface area contributed by atoms with Crippen molar-refractivity contribution in [2.45, 2.75) is 38.8 Å². The van der Waals surface area contributed by atoms with E-state index >= 15 is 0 Å². The minimum absolute atomic E-state index is 0.131. The third kappa shape index (κ3) is 2.13. The Kier molecular flexibility index (Phi) is 3.17. The maximum atomic E-state index is 11.5. The second-order valence-corrected chi connectivity index (χ2v) is 4.01. The van der Waals surface area contributed by atoms with E-state index in [-0.39, 0.29) is 30.3 Å². The highest BCUT2D eigenvalue weighted by molar-refractivity contribution is 5.82. The second kappa shape index (κ2) is 4.63. The number of carbonyl (C=O) groups is 1. The lowest BCUT2D eigenvalue weighted by molar-refractivity contribution is -0.454. The second-order valence-electron chi connectivity index (χ2n) is 4.01. The van der Waals surface area contributed by atoms with Gasteiger partial charge in [-0.15, -0.1) is 5.10 Å². The van der Waals surface area contributed by atoms with Gasteiger partial charge in [0.2, 0.25) is 5.90 Å². The van der Waals surface area contributed by atoms with Crippen LogP contribution < -0.4 is 0 Å². The molecule has 98 valence electrons. The first-order chi connectivity index (χ1) is 8.52. The maximum absolute atomic E-state index is 11.5. The standard InChI is InChI=1S/C10H13N3O5/c1-3-7-6(2)17-10(14)12(7)11-8-4-5-9(18-8)13(15)16/h5-7H,3-4H2,1-2H3. The van der Waals surface area contributed by atoms with Crippen molar-refractivity contribution in [3.05, 3.63) is 22.1 Å². The van der Waals surface area contributed by atoms with E-state index in [2.05, 4.69) is 5.10 Å². The highest BCUT2D eigenvalue weighted by atomic mass is 16.7. The number of cyclic esters (lactones) is 1. The number of hydrogen-bond acceptors (Lipinski definition) is 6. The van der Waals surface area contributed by atoms with Gasteiger partial charge in [-0.25, -0.2) is 4.79 Å². The van der Waals surface area contributed by atoms with Gasteiger partial charge in [-0.3, -0.25) is 10.1 Å². The topological polar surface area (TPSA) is 94.3 Å². The third-order valence-corrected chi connectivity index (χ3v) is 2.82. The van der Waals surface area contributed by atoms with Crippen LogP contribution in [-0.2, 0) is 9.47 Å². The Morgan fingerprint density at radius 1 is 1.67 bits per heavy atom. The SMILES string of the molecule is CCC1C(C)OC(=O)N1N=C1CC=C([N+](=O)[O-])O1. The van der Waals surface area contributed by atoms with Crippen molar-refractivity contribution in [3.8, 4) is 0 Å². The predicted molar refractivity (Wildman–Crippen MR) is 60.1 cm³/mol. The van der Waals surface area contributed by atoms with Crippen LogP contribution in [0.3, 0.4) is 0 Å². The van der Waals surface area contributed by atoms with Gasteiger partial charge in [0.05, 0.1) is 12.5 Å². The number of ether oxygens (including phenoxy) is 2. The van der Waals surface area contributed by atoms with Crippen LogP contribution in [0.5, 0.6) is 0 Å². The summed E-state index contributed by atoms with van der Waals surface area (Å²) >= 11 is 0. The minimum Gasteiger partial charge on any atom is -0.443 e. The van der Waals surface area contributed by atoms with E-state index < -0.39 is 11.0 Å². The quantitative estimate of drug-likeness (QED) is 0.562. The van der Waals surface area contributed by atoms with Crippen LogP contribution in [0.4, 0.5) is 4.79 Å². The smallest absolute Gasteiger partial charge is 0.431 e. The Morgan fingerprint density at radius 3 is 2.94 bits per heavy atom. The molecule has 0 bridgehead atoms. The minimum atomic E-state index is -0.634. The predicted octanol–water partition coefficient (Wildman–Crippen LogP) is 1.46. The number of nitro groups is 1. The van der Waals surface area contributed by atoms with Gasteiger partial charge < -0.3 is 9.47 Å². The fourth-order valence-electron chi connectivity index (χ4n) is 1.92. The normalized spacial score (nSPS) is 29.2. The summed E-state index contributed by atoms with van der Waals surface area (Å²) in [5.41, 5.74) is 0. The molecule has 8 nitrogen and oxygen atoms in total. The molecule has 18 heavy (non-hydrogen) atoms. The van der Waals surface area contributed by atoms with Crippen LogP contribution in [-0.4, -0.2) is 34.1 Å². The first-order valence-electron chi connectivity index (χ1n) is 5.62. The lowest BCUT2D eigenvalue weighted by atomic mass is 10.1. The molecular formula is C10H13N3O5. The number of rotatable bonds is 3. The van der Waals surface area contributed by atoms with Crippen LogP contribution in [0, 0.1) is 10.1 Å². The van der Waals surface area contributed by atoms with E-state index in [1.807, 2.05) is 6.92 Å². The lowest BCUT2D eigenvalue weighted by Crippen LogP contribution is -2.32. The van der Waals surface area contributed by atoms with Crippen LogP contribution in [0.1, 0.15) is 26.7 Å². The Bertz CT molecular complexity index is 445. The van der Waals surface area contributed by atoms with Crippen molar-refractivity contribution in [3.63, 3.8) is 0 Å². The summed E-state index contributed by atoms with van der Waals surface area (Å²) < 4.78 is 9.96. The molecule has 0 radical (unpaired) electrons. The Balaban J connectivity index is 2.10. The van der Waals surface area contributed by atoms with Crippen molar-refractivity contribution in [1.82, 2.24) is 5.01 Å². The summed E-state index contributed by atoms with van der Waals surface area (Å²) in [6, 6.07) is -0.173. The zero-order valence-electron chi connectivity index (χ0n) is 10.0. The highest BCUT2D eigenvalue weighted by Crippen LogP contribution is 2.23. The van der Waals surface area contributed by atoms with Crippen molar-refractivity contribution >= 4 is 12.0 Å². The first-order valence-corrected chi connectivity index (χ1v) is 5.62. The van der Waals surface area contributed by atoms with Crippen molar-refractivity contribution in [2.24, 2.45) is 5.10 Å². The molecule has 8 heteroatoms. The summed E-state index contributed by atoms with van der Waals surface area (Å²) in [6.07, 6.45) is 1.38. The third-order valence-electron chi connectivity index (χ3n) is 2.82. The molecule has 2 unspecified atom stereocenters. The average Bonchev–Trinajstić information content (AvgIpc) is 2.86. The molecular weight excluding hydrogens is 242 g/mol. The largest absolute Gasteiger partial charge is 0.443 e. The number of nitrogens with zero attached hydrogens (tertiary/aromatic N) is 3. The summed E-state index contributed by atoms with van der Waals surface area (Å²) in [7, 11) is 0. The monoisotopic (exact) mass is 255 g/mol. The van der Waals surface area contributed by atoms with Gasteiger partial charge in [0.15, 0.2) is 0 Å². The van der Waals surface area contributed by atoms with Gasteiger partial charge >= 0.3 is 12.0 Å². The zero-order valence-corrected chi connectivity index (χ0v) is 10.0. The van der Waals surface area contributed by atoms with Gasteiger partial charge in [-0.1, -0.05) is 6.92 Å². The van der Waals surface area contributed by atoms with E-state index in [0.717, 1.165) is 0 Å². The van der Waals surface area contributed by atoms with Crippen LogP contribution in [0.2, 0.25) is 0 Å². The molecule has 2 aliphatic rings. The molecule has 0 aromatic carbocycles. The number of hydrazone groups is 1. The molecule has 2 atom stereocenters. The van der Waals surface area contributed by atoms with E-state index in [1.165, 1.54) is 11.1 Å². The van der Waals surface area contributed by atoms with Crippen molar-refractivity contribution in [2.75, 3.05) is 0 Å². The number of amides is 1. The summed E-state index contributed by atoms with van der Waals surface area (Å²) in [5, 5.41) is 15.7. The van der Waals surface area contributed by atoms with Gasteiger partial charge in [0.25, 0.3) is 0 Å². The van der Waals surface area contributed by atoms with Crippen LogP contribution >= 0.6 is 0 Å². The van der Waals surface area contributed by atoms with Crippen molar-refractivity contribution in [1.29, 1.82) is 0 Å². The fraction of sp³-hybridized carbons (Fsp3) is 0.600. The number of hydrogen-bond donors (Lipinski definition) is 0. The van der Waals surface area contributed by atoms with E-state index in [9.17, 15) is 14.9 Å². The molecule has 1 saturated heterocycles. The molecule has 1 amide bonds. The van der Waals surface area contributed by atoms with Crippen LogP contribution in [0.25, 0.3) is 0 Å². The summed E-state index contributed by atoms with van der Waals surface area (Å²) in [5.74, 6) is -0.228. The highest BCUT2D eigenvalue weighted by Gasteiger charge is 2.39. The Hall–Kier alpha value is -2.12. The van der Waals surface area contributed by atoms with E-state index in [0.29, 0.717) is 6.42 Å². The van der Waals surface area contributed by atoms with Gasteiger partial charge in [0, 0.05) is 6.08 Å². The molecule has 2 heterocycles. The maximum Gasteiger partial charge on any atom is 0.431 e. The summed E-state index contributed by atoms with van der Waals surface area (Å²) in [6.45, 7) is 3.69. The van der Waals surface area contributed by atoms with Gasteiger partial charge in [0.1, 0.15) is 11.0 Å².